The molecule has 1 fully saturated rings. The zero-order valence-corrected chi connectivity index (χ0v) is 12.6. The summed E-state index contributed by atoms with van der Waals surface area (Å²) in [4.78, 5) is 23.6. The number of thiophene rings is 1. The van der Waals surface area contributed by atoms with Crippen LogP contribution in [0.4, 0.5) is 5.82 Å². The number of aromatic nitrogens is 2. The minimum atomic E-state index is -0.336. The molecule has 3 rings (SSSR count). The van der Waals surface area contributed by atoms with Gasteiger partial charge in [0, 0.05) is 18.5 Å². The van der Waals surface area contributed by atoms with Gasteiger partial charge >= 0.3 is 5.97 Å². The molecule has 0 bridgehead atoms. The van der Waals surface area contributed by atoms with E-state index in [0.717, 1.165) is 29.1 Å². The van der Waals surface area contributed by atoms with Gasteiger partial charge in [0.05, 0.1) is 23.7 Å². The van der Waals surface area contributed by atoms with Gasteiger partial charge in [0.2, 0.25) is 0 Å². The van der Waals surface area contributed by atoms with Crippen LogP contribution in [-0.4, -0.2) is 46.8 Å². The van der Waals surface area contributed by atoms with Crippen molar-refractivity contribution in [2.75, 3.05) is 24.6 Å². The summed E-state index contributed by atoms with van der Waals surface area (Å²) in [7, 11) is 0. The molecule has 1 aliphatic heterocycles. The highest BCUT2D eigenvalue weighted by atomic mass is 32.1. The fourth-order valence-corrected chi connectivity index (χ4v) is 3.41. The zero-order chi connectivity index (χ0) is 14.8. The highest BCUT2D eigenvalue weighted by molar-refractivity contribution is 7.17. The SMILES string of the molecule is CCOC(=O)c1csc2ncnc(N3CCC(O)CC3)c12. The first-order chi connectivity index (χ1) is 10.2. The first-order valence-electron chi connectivity index (χ1n) is 7.03. The molecule has 21 heavy (non-hydrogen) atoms. The molecule has 0 aromatic carbocycles. The molecule has 1 aliphatic rings. The predicted octanol–water partition coefficient (Wildman–Crippen LogP) is 1.83. The van der Waals surface area contributed by atoms with Gasteiger partial charge in [0.15, 0.2) is 0 Å². The van der Waals surface area contributed by atoms with E-state index in [0.29, 0.717) is 25.0 Å². The number of fused-ring (bicyclic) bond motifs is 1. The Balaban J connectivity index is 2.02. The van der Waals surface area contributed by atoms with Gasteiger partial charge in [-0.15, -0.1) is 11.3 Å². The first kappa shape index (κ1) is 14.2. The fraction of sp³-hybridized carbons (Fsp3) is 0.500. The lowest BCUT2D eigenvalue weighted by atomic mass is 10.1. The lowest BCUT2D eigenvalue weighted by Crippen LogP contribution is -2.36. The van der Waals surface area contributed by atoms with Gasteiger partial charge in [-0.1, -0.05) is 0 Å². The molecule has 7 heteroatoms. The van der Waals surface area contributed by atoms with Crippen LogP contribution in [0.1, 0.15) is 30.1 Å². The summed E-state index contributed by atoms with van der Waals surface area (Å²) in [5.41, 5.74) is 0.526. The van der Waals surface area contributed by atoms with Crippen LogP contribution >= 0.6 is 11.3 Å². The summed E-state index contributed by atoms with van der Waals surface area (Å²) < 4.78 is 5.11. The predicted molar refractivity (Wildman–Crippen MR) is 80.8 cm³/mol. The van der Waals surface area contributed by atoms with E-state index in [9.17, 15) is 9.90 Å². The number of hydrogen-bond acceptors (Lipinski definition) is 7. The number of piperidine rings is 1. The van der Waals surface area contributed by atoms with E-state index in [-0.39, 0.29) is 12.1 Å². The number of anilines is 1. The Labute approximate surface area is 126 Å². The van der Waals surface area contributed by atoms with Crippen molar-refractivity contribution < 1.29 is 14.6 Å². The highest BCUT2D eigenvalue weighted by Gasteiger charge is 2.24. The molecule has 0 atom stereocenters. The van der Waals surface area contributed by atoms with Gasteiger partial charge in [-0.3, -0.25) is 0 Å². The van der Waals surface area contributed by atoms with Crippen molar-refractivity contribution in [3.05, 3.63) is 17.3 Å². The van der Waals surface area contributed by atoms with Crippen molar-refractivity contribution >= 4 is 33.3 Å². The van der Waals surface area contributed by atoms with Crippen LogP contribution in [0.5, 0.6) is 0 Å². The number of hydrogen-bond donors (Lipinski definition) is 1. The number of carbonyl (C=O) groups is 1. The Kier molecular flexibility index (Phi) is 4.03. The second-order valence-corrected chi connectivity index (χ2v) is 5.82. The second-order valence-electron chi connectivity index (χ2n) is 4.97. The van der Waals surface area contributed by atoms with Gasteiger partial charge in [0.1, 0.15) is 17.0 Å². The Hall–Kier alpha value is -1.73. The molecule has 6 nitrogen and oxygen atoms in total. The summed E-state index contributed by atoms with van der Waals surface area (Å²) in [6.45, 7) is 3.59. The molecular formula is C14H17N3O3S. The van der Waals surface area contributed by atoms with Crippen LogP contribution in [0.3, 0.4) is 0 Å². The van der Waals surface area contributed by atoms with Crippen LogP contribution in [0.2, 0.25) is 0 Å². The lowest BCUT2D eigenvalue weighted by Gasteiger charge is -2.30. The van der Waals surface area contributed by atoms with E-state index < -0.39 is 0 Å². The lowest BCUT2D eigenvalue weighted by molar-refractivity contribution is 0.0529. The van der Waals surface area contributed by atoms with Crippen LogP contribution in [-0.2, 0) is 4.74 Å². The molecule has 0 unspecified atom stereocenters. The number of rotatable bonds is 3. The molecule has 2 aromatic rings. The van der Waals surface area contributed by atoms with Crippen LogP contribution in [0, 0.1) is 0 Å². The van der Waals surface area contributed by atoms with Gasteiger partial charge in [-0.05, 0) is 19.8 Å². The molecule has 1 N–H and O–H groups in total. The third kappa shape index (κ3) is 2.71. The van der Waals surface area contributed by atoms with Crippen LogP contribution in [0.25, 0.3) is 10.2 Å². The number of nitrogens with zero attached hydrogens (tertiary/aromatic N) is 3. The maximum absolute atomic E-state index is 12.1. The first-order valence-corrected chi connectivity index (χ1v) is 7.91. The van der Waals surface area contributed by atoms with Crippen molar-refractivity contribution in [1.82, 2.24) is 9.97 Å². The Morgan fingerprint density at radius 2 is 2.24 bits per heavy atom. The molecule has 0 amide bonds. The molecule has 0 spiro atoms. The van der Waals surface area contributed by atoms with Crippen molar-refractivity contribution in [2.45, 2.75) is 25.9 Å². The molecule has 0 radical (unpaired) electrons. The molecule has 1 saturated heterocycles. The topological polar surface area (TPSA) is 75.5 Å². The smallest absolute Gasteiger partial charge is 0.339 e. The summed E-state index contributed by atoms with van der Waals surface area (Å²) in [5, 5.41) is 12.2. The Bertz CT molecular complexity index is 650. The monoisotopic (exact) mass is 307 g/mol. The minimum absolute atomic E-state index is 0.245. The van der Waals surface area contributed by atoms with Gasteiger partial charge in [-0.2, -0.15) is 0 Å². The zero-order valence-electron chi connectivity index (χ0n) is 11.8. The summed E-state index contributed by atoms with van der Waals surface area (Å²) in [6.07, 6.45) is 2.70. The summed E-state index contributed by atoms with van der Waals surface area (Å²) in [6, 6.07) is 0. The quantitative estimate of drug-likeness (QED) is 0.872. The summed E-state index contributed by atoms with van der Waals surface area (Å²) >= 11 is 1.42. The molecule has 3 heterocycles. The molecule has 0 saturated carbocycles. The third-order valence-corrected chi connectivity index (χ3v) is 4.50. The van der Waals surface area contributed by atoms with Gasteiger partial charge in [-0.25, -0.2) is 14.8 Å². The van der Waals surface area contributed by atoms with Crippen LogP contribution < -0.4 is 4.90 Å². The van der Waals surface area contributed by atoms with E-state index in [2.05, 4.69) is 14.9 Å². The normalized spacial score (nSPS) is 16.4. The average molecular weight is 307 g/mol. The number of aliphatic hydroxyl groups excluding tert-OH is 1. The maximum Gasteiger partial charge on any atom is 0.339 e. The average Bonchev–Trinajstić information content (AvgIpc) is 2.92. The third-order valence-electron chi connectivity index (χ3n) is 3.61. The van der Waals surface area contributed by atoms with Crippen molar-refractivity contribution in [3.8, 4) is 0 Å². The van der Waals surface area contributed by atoms with Crippen molar-refractivity contribution in [2.24, 2.45) is 0 Å². The number of ether oxygens (including phenoxy) is 1. The number of esters is 1. The highest BCUT2D eigenvalue weighted by Crippen LogP contribution is 2.33. The molecular weight excluding hydrogens is 290 g/mol. The summed E-state index contributed by atoms with van der Waals surface area (Å²) in [5.74, 6) is 0.424. The van der Waals surface area contributed by atoms with Crippen molar-refractivity contribution in [1.29, 1.82) is 0 Å². The molecule has 0 aliphatic carbocycles. The van der Waals surface area contributed by atoms with E-state index in [4.69, 9.17) is 4.74 Å². The van der Waals surface area contributed by atoms with E-state index >= 15 is 0 Å². The van der Waals surface area contributed by atoms with E-state index in [1.807, 2.05) is 0 Å². The minimum Gasteiger partial charge on any atom is -0.462 e. The van der Waals surface area contributed by atoms with Crippen molar-refractivity contribution in [3.63, 3.8) is 0 Å². The largest absolute Gasteiger partial charge is 0.462 e. The standard InChI is InChI=1S/C14H17N3O3S/c1-2-20-14(19)10-7-21-13-11(10)12(15-8-16-13)17-5-3-9(18)4-6-17/h7-9,18H,2-6H2,1H3. The molecule has 2 aromatic heterocycles. The van der Waals surface area contributed by atoms with Crippen LogP contribution in [0.15, 0.2) is 11.7 Å². The number of aliphatic hydroxyl groups is 1. The Morgan fingerprint density at radius 3 is 2.95 bits per heavy atom. The Morgan fingerprint density at radius 1 is 1.48 bits per heavy atom. The number of carbonyl (C=O) groups excluding carboxylic acids is 1. The van der Waals surface area contributed by atoms with E-state index in [1.54, 1.807) is 12.3 Å². The van der Waals surface area contributed by atoms with Gasteiger partial charge < -0.3 is 14.7 Å². The molecule has 112 valence electrons. The maximum atomic E-state index is 12.1. The second kappa shape index (κ2) is 5.95. The van der Waals surface area contributed by atoms with E-state index in [1.165, 1.54) is 17.7 Å². The fourth-order valence-electron chi connectivity index (χ4n) is 2.54. The van der Waals surface area contributed by atoms with Gasteiger partial charge in [0.25, 0.3) is 0 Å².